The van der Waals surface area contributed by atoms with Crippen LogP contribution in [0.25, 0.3) is 11.0 Å². The second-order valence-corrected chi connectivity index (χ2v) is 6.37. The molecule has 0 radical (unpaired) electrons. The van der Waals surface area contributed by atoms with Gasteiger partial charge < -0.3 is 4.57 Å². The van der Waals surface area contributed by atoms with Crippen molar-refractivity contribution in [1.82, 2.24) is 9.55 Å². The van der Waals surface area contributed by atoms with Crippen molar-refractivity contribution in [3.63, 3.8) is 0 Å². The third kappa shape index (κ3) is 3.92. The highest BCUT2D eigenvalue weighted by Gasteiger charge is 2.18. The normalized spacial score (nSPS) is 13.0. The van der Waals surface area contributed by atoms with E-state index < -0.39 is 0 Å². The van der Waals surface area contributed by atoms with Crippen LogP contribution in [0.4, 0.5) is 0 Å². The highest BCUT2D eigenvalue weighted by atomic mass is 35.5. The van der Waals surface area contributed by atoms with Gasteiger partial charge in [0.05, 0.1) is 11.0 Å². The number of fused-ring (bicyclic) bond motifs is 1. The fourth-order valence-electron chi connectivity index (χ4n) is 2.96. The summed E-state index contributed by atoms with van der Waals surface area (Å²) in [6.07, 6.45) is 6.81. The third-order valence-corrected chi connectivity index (χ3v) is 4.34. The largest absolute Gasteiger partial charge is 0.325 e. The number of halogens is 2. The Bertz CT molecular complexity index is 577. The molecule has 0 aliphatic heterocycles. The van der Waals surface area contributed by atoms with E-state index in [2.05, 4.69) is 18.4 Å². The molecule has 2 aromatic rings. The number of hydrogen-bond donors (Lipinski definition) is 0. The summed E-state index contributed by atoms with van der Waals surface area (Å²) in [5, 5.41) is 0.770. The van der Waals surface area contributed by atoms with Crippen molar-refractivity contribution in [2.75, 3.05) is 5.88 Å². The molecule has 1 heterocycles. The van der Waals surface area contributed by atoms with E-state index in [1.54, 1.807) is 0 Å². The number of nitrogens with zero attached hydrogens (tertiary/aromatic N) is 2. The molecule has 2 nitrogen and oxygen atoms in total. The zero-order chi connectivity index (χ0) is 15.2. The quantitative estimate of drug-likeness (QED) is 0.544. The standard InChI is InChI=1S/C17H24Cl2N2/c1-3-5-7-14(6-4-2)21-16-12-13(19)8-9-15(16)20-17(21)10-11-18/h8-9,12,14H,3-7,10-11H2,1-2H3. The van der Waals surface area contributed by atoms with Gasteiger partial charge in [-0.05, 0) is 31.0 Å². The molecule has 4 heteroatoms. The Balaban J connectivity index is 2.49. The van der Waals surface area contributed by atoms with Crippen molar-refractivity contribution in [1.29, 1.82) is 0 Å². The Hall–Kier alpha value is -0.730. The van der Waals surface area contributed by atoms with Crippen LogP contribution >= 0.6 is 23.2 Å². The van der Waals surface area contributed by atoms with E-state index in [0.29, 0.717) is 11.9 Å². The monoisotopic (exact) mass is 326 g/mol. The summed E-state index contributed by atoms with van der Waals surface area (Å²) in [6, 6.07) is 6.45. The molecule has 21 heavy (non-hydrogen) atoms. The van der Waals surface area contributed by atoms with Gasteiger partial charge in [0.2, 0.25) is 0 Å². The van der Waals surface area contributed by atoms with Crippen molar-refractivity contribution in [3.05, 3.63) is 29.0 Å². The third-order valence-electron chi connectivity index (χ3n) is 3.92. The van der Waals surface area contributed by atoms with E-state index in [1.807, 2.05) is 18.2 Å². The van der Waals surface area contributed by atoms with E-state index in [-0.39, 0.29) is 0 Å². The van der Waals surface area contributed by atoms with Crippen molar-refractivity contribution >= 4 is 34.2 Å². The van der Waals surface area contributed by atoms with Crippen LogP contribution in [0.3, 0.4) is 0 Å². The number of hydrogen-bond acceptors (Lipinski definition) is 1. The Morgan fingerprint density at radius 2 is 2.00 bits per heavy atom. The van der Waals surface area contributed by atoms with Crippen LogP contribution in [-0.2, 0) is 6.42 Å². The number of aromatic nitrogens is 2. The molecule has 1 aromatic carbocycles. The van der Waals surface area contributed by atoms with Crippen LogP contribution in [0.5, 0.6) is 0 Å². The average Bonchev–Trinajstić information content (AvgIpc) is 2.81. The highest BCUT2D eigenvalue weighted by molar-refractivity contribution is 6.31. The van der Waals surface area contributed by atoms with E-state index in [1.165, 1.54) is 32.1 Å². The summed E-state index contributed by atoms with van der Waals surface area (Å²) >= 11 is 12.2. The van der Waals surface area contributed by atoms with Crippen molar-refractivity contribution in [2.45, 2.75) is 58.4 Å². The molecule has 0 saturated carbocycles. The van der Waals surface area contributed by atoms with Gasteiger partial charge in [-0.15, -0.1) is 11.6 Å². The molecule has 0 N–H and O–H groups in total. The van der Waals surface area contributed by atoms with Gasteiger partial charge in [-0.2, -0.15) is 0 Å². The van der Waals surface area contributed by atoms with E-state index in [9.17, 15) is 0 Å². The maximum Gasteiger partial charge on any atom is 0.111 e. The second kappa shape index (κ2) is 8.05. The molecule has 116 valence electrons. The first-order valence-corrected chi connectivity index (χ1v) is 8.84. The van der Waals surface area contributed by atoms with Gasteiger partial charge in [0.15, 0.2) is 0 Å². The number of unbranched alkanes of at least 4 members (excludes halogenated alkanes) is 1. The van der Waals surface area contributed by atoms with Gasteiger partial charge in [0, 0.05) is 23.4 Å². The fourth-order valence-corrected chi connectivity index (χ4v) is 3.30. The predicted octanol–water partition coefficient (Wildman–Crippen LogP) is 6.00. The van der Waals surface area contributed by atoms with Crippen LogP contribution in [0, 0.1) is 0 Å². The molecule has 1 aromatic heterocycles. The number of alkyl halides is 1. The zero-order valence-corrected chi connectivity index (χ0v) is 14.4. The summed E-state index contributed by atoms with van der Waals surface area (Å²) in [7, 11) is 0. The van der Waals surface area contributed by atoms with Crippen LogP contribution < -0.4 is 0 Å². The van der Waals surface area contributed by atoms with E-state index in [0.717, 1.165) is 28.3 Å². The topological polar surface area (TPSA) is 17.8 Å². The van der Waals surface area contributed by atoms with Crippen LogP contribution in [0.15, 0.2) is 18.2 Å². The average molecular weight is 327 g/mol. The Kier molecular flexibility index (Phi) is 6.38. The van der Waals surface area contributed by atoms with Crippen molar-refractivity contribution in [2.24, 2.45) is 0 Å². The lowest BCUT2D eigenvalue weighted by Crippen LogP contribution is -2.13. The van der Waals surface area contributed by atoms with Gasteiger partial charge in [-0.25, -0.2) is 4.98 Å². The Morgan fingerprint density at radius 3 is 2.67 bits per heavy atom. The summed E-state index contributed by atoms with van der Waals surface area (Å²) in [4.78, 5) is 4.77. The molecule has 0 fully saturated rings. The second-order valence-electron chi connectivity index (χ2n) is 5.55. The summed E-state index contributed by atoms with van der Waals surface area (Å²) in [6.45, 7) is 4.48. The zero-order valence-electron chi connectivity index (χ0n) is 12.9. The summed E-state index contributed by atoms with van der Waals surface area (Å²) in [5.41, 5.74) is 2.18. The molecule has 1 unspecified atom stereocenters. The minimum atomic E-state index is 0.497. The molecule has 1 atom stereocenters. The van der Waals surface area contributed by atoms with Gasteiger partial charge in [0.25, 0.3) is 0 Å². The van der Waals surface area contributed by atoms with E-state index in [4.69, 9.17) is 28.2 Å². The lowest BCUT2D eigenvalue weighted by Gasteiger charge is -2.21. The highest BCUT2D eigenvalue weighted by Crippen LogP contribution is 2.30. The molecule has 0 spiro atoms. The SMILES string of the molecule is CCCCC(CCC)n1c(CCCl)nc2ccc(Cl)cc21. The van der Waals surface area contributed by atoms with Gasteiger partial charge >= 0.3 is 0 Å². The Morgan fingerprint density at radius 1 is 1.19 bits per heavy atom. The van der Waals surface area contributed by atoms with Gasteiger partial charge in [-0.1, -0.05) is 44.7 Å². The molecule has 0 amide bonds. The van der Waals surface area contributed by atoms with Crippen molar-refractivity contribution in [3.8, 4) is 0 Å². The molecule has 0 saturated heterocycles. The molecule has 0 aliphatic rings. The van der Waals surface area contributed by atoms with Crippen molar-refractivity contribution < 1.29 is 0 Å². The van der Waals surface area contributed by atoms with E-state index >= 15 is 0 Å². The maximum absolute atomic E-state index is 6.20. The minimum Gasteiger partial charge on any atom is -0.325 e. The predicted molar refractivity (Wildman–Crippen MR) is 92.6 cm³/mol. The van der Waals surface area contributed by atoms with Crippen LogP contribution in [-0.4, -0.2) is 15.4 Å². The molecule has 0 bridgehead atoms. The number of imidazole rings is 1. The first kappa shape index (κ1) is 16.6. The van der Waals surface area contributed by atoms with Crippen LogP contribution in [0.1, 0.15) is 57.8 Å². The van der Waals surface area contributed by atoms with Crippen LogP contribution in [0.2, 0.25) is 5.02 Å². The van der Waals surface area contributed by atoms with Gasteiger partial charge in [-0.3, -0.25) is 0 Å². The molecular formula is C17H24Cl2N2. The molecule has 2 rings (SSSR count). The number of aryl methyl sites for hydroxylation is 1. The maximum atomic E-state index is 6.20. The molecule has 0 aliphatic carbocycles. The number of rotatable bonds is 8. The lowest BCUT2D eigenvalue weighted by atomic mass is 10.0. The smallest absolute Gasteiger partial charge is 0.111 e. The number of benzene rings is 1. The molecular weight excluding hydrogens is 303 g/mol. The summed E-state index contributed by atoms with van der Waals surface area (Å²) in [5.74, 6) is 1.70. The minimum absolute atomic E-state index is 0.497. The first-order chi connectivity index (χ1) is 10.2. The first-order valence-electron chi connectivity index (χ1n) is 7.93. The van der Waals surface area contributed by atoms with Gasteiger partial charge in [0.1, 0.15) is 5.82 Å². The fraction of sp³-hybridized carbons (Fsp3) is 0.588. The summed E-state index contributed by atoms with van der Waals surface area (Å²) < 4.78 is 2.39. The Labute approximate surface area is 137 Å². The lowest BCUT2D eigenvalue weighted by molar-refractivity contribution is 0.415.